The number of amides is 11. The van der Waals surface area contributed by atoms with Gasteiger partial charge in [-0.1, -0.05) is 59.8 Å². The summed E-state index contributed by atoms with van der Waals surface area (Å²) in [5.74, 6) is -14.3. The highest BCUT2D eigenvalue weighted by Gasteiger charge is 2.57. The van der Waals surface area contributed by atoms with Crippen LogP contribution >= 0.6 is 0 Å². The van der Waals surface area contributed by atoms with Crippen LogP contribution in [0.3, 0.4) is 0 Å². The molecule has 4 saturated heterocycles. The molecule has 11 atom stereocenters. The first-order chi connectivity index (χ1) is 50.7. The van der Waals surface area contributed by atoms with E-state index in [9.17, 15) is 40.7 Å². The zero-order valence-corrected chi connectivity index (χ0v) is 65.2. The molecular weight excluding hydrogens is 1420 g/mol. The van der Waals surface area contributed by atoms with E-state index >= 15 is 47.1 Å². The van der Waals surface area contributed by atoms with E-state index in [1.165, 1.54) is 76.5 Å². The van der Waals surface area contributed by atoms with E-state index in [2.05, 4.69) is 16.0 Å². The Bertz CT molecular complexity index is 3150. The minimum atomic E-state index is -5.20. The third-order valence-electron chi connectivity index (χ3n) is 25.3. The van der Waals surface area contributed by atoms with E-state index in [1.54, 1.807) is 11.9 Å². The summed E-state index contributed by atoms with van der Waals surface area (Å²) in [5, 5.41) is 9.09. The second kappa shape index (κ2) is 37.2. The van der Waals surface area contributed by atoms with Crippen LogP contribution in [0.25, 0.3) is 0 Å². The van der Waals surface area contributed by atoms with Crippen LogP contribution in [0.1, 0.15) is 195 Å². The number of nitrogens with zero attached hydrogens (tertiary/aromatic N) is 9. The molecule has 4 aliphatic heterocycles. The lowest BCUT2D eigenvalue weighted by molar-refractivity contribution is -0.219. The molecule has 3 N–H and O–H groups in total. The third kappa shape index (κ3) is 20.6. The summed E-state index contributed by atoms with van der Waals surface area (Å²) < 4.78 is 121. The highest BCUT2D eigenvalue weighted by molar-refractivity contribution is 6.01. The lowest BCUT2D eigenvalue weighted by Crippen LogP contribution is -2.70. The van der Waals surface area contributed by atoms with Crippen LogP contribution in [0.5, 0.6) is 0 Å². The molecule has 0 aromatic heterocycles. The highest BCUT2D eigenvalue weighted by Crippen LogP contribution is 2.46. The molecule has 8 fully saturated rings. The van der Waals surface area contributed by atoms with Crippen molar-refractivity contribution in [2.75, 3.05) is 101 Å². The van der Waals surface area contributed by atoms with Crippen LogP contribution in [0.15, 0.2) is 0 Å². The van der Waals surface area contributed by atoms with E-state index in [4.69, 9.17) is 4.74 Å². The second-order valence-corrected chi connectivity index (χ2v) is 33.3. The van der Waals surface area contributed by atoms with E-state index in [1.807, 2.05) is 27.7 Å². The lowest BCUT2D eigenvalue weighted by Gasteiger charge is -2.48. The number of ether oxygens (including phenoxy) is 1. The zero-order valence-electron chi connectivity index (χ0n) is 65.2. The topological polar surface area (TPSA) is 262 Å². The van der Waals surface area contributed by atoms with Crippen molar-refractivity contribution in [3.63, 3.8) is 0 Å². The van der Waals surface area contributed by atoms with E-state index in [0.29, 0.717) is 64.2 Å². The number of nitrogens with one attached hydrogen (secondary N) is 3. The monoisotopic (exact) mass is 1540 g/mol. The average Bonchev–Trinajstić information content (AvgIpc) is 1.52. The molecule has 2 unspecified atom stereocenters. The Kier molecular flexibility index (Phi) is 30.0. The normalized spacial score (nSPS) is 32.8. The molecule has 612 valence electrons. The maximum Gasteiger partial charge on any atom is 0.397 e. The number of carbonyl (C=O) groups is 11. The Hall–Kier alpha value is -6.47. The summed E-state index contributed by atoms with van der Waals surface area (Å²) in [6.07, 6.45) is -12.4. The van der Waals surface area contributed by atoms with Crippen molar-refractivity contribution in [2.24, 2.45) is 41.4 Å². The van der Waals surface area contributed by atoms with Crippen LogP contribution in [0.2, 0.25) is 0 Å². The summed E-state index contributed by atoms with van der Waals surface area (Å²) in [6, 6.07) is -8.39. The van der Waals surface area contributed by atoms with Gasteiger partial charge in [-0.15, -0.1) is 0 Å². The molecule has 4 saturated carbocycles. The molecule has 0 aromatic carbocycles. The van der Waals surface area contributed by atoms with Gasteiger partial charge in [-0.05, 0) is 159 Å². The van der Waals surface area contributed by atoms with Crippen molar-refractivity contribution in [3.8, 4) is 0 Å². The van der Waals surface area contributed by atoms with Crippen molar-refractivity contribution >= 4 is 65.0 Å². The van der Waals surface area contributed by atoms with Gasteiger partial charge in [-0.2, -0.15) is 26.3 Å². The number of likely N-dealkylation sites (N-methyl/N-ethyl adjacent to an activating group) is 6. The van der Waals surface area contributed by atoms with Crippen molar-refractivity contribution in [1.29, 1.82) is 0 Å². The molecule has 8 aliphatic rings. The Morgan fingerprint density at radius 2 is 1.24 bits per heavy atom. The van der Waals surface area contributed by atoms with Gasteiger partial charge in [0.25, 0.3) is 0 Å². The fourth-order valence-corrected chi connectivity index (χ4v) is 18.1. The number of halogens is 8. The fourth-order valence-electron chi connectivity index (χ4n) is 18.1. The van der Waals surface area contributed by atoms with Gasteiger partial charge in [-0.25, -0.2) is 8.78 Å². The van der Waals surface area contributed by atoms with Gasteiger partial charge in [0.1, 0.15) is 59.5 Å². The Balaban J connectivity index is 1.19. The van der Waals surface area contributed by atoms with Crippen LogP contribution in [-0.4, -0.2) is 288 Å². The molecule has 24 nitrogen and oxygen atoms in total. The van der Waals surface area contributed by atoms with Gasteiger partial charge in [0.05, 0.1) is 44.7 Å². The number of morpholine rings is 1. The maximum absolute atomic E-state index is 15.7. The Morgan fingerprint density at radius 3 is 1.82 bits per heavy atom. The minimum Gasteiger partial charge on any atom is -0.378 e. The number of carbonyl (C=O) groups excluding carboxylic acids is 11. The summed E-state index contributed by atoms with van der Waals surface area (Å²) in [6.45, 7) is 8.53. The number of hydrogen-bond donors (Lipinski definition) is 3. The standard InChI is InChI=1S/C76H120F8N12O12/c1-12-47(4)63-69(104)89(7)45-61(99)91(9)56-22-14-13-17-32-95(68(56)103)58(41-48-23-26-51(27-24-48)75(79,80)81)66(101)88(6)44-59(97)86-55(28-25-49-39-53(77)62(54(78)40-49)76(82,83)84)65(100)96-33-19-29-73(96,5)71(106)87-74(30-18-31-74)72(107)93(11)64(50-20-15-16-21-50)70(105)92(10)57(67(102)94-34-36-108-37-35-94)42-60(98)90(8)52(43-85-63)38-46(2)3/h46-58,62-64,85H,12-45H2,1-11H3,(H,86,97)(H,87,106)/t47-,48?,49?,51?,52-,53?,54?,55-,56-,57-,58-,62?,63-,64-,73-/m0/s1. The van der Waals surface area contributed by atoms with Crippen LogP contribution in [-0.2, 0) is 57.5 Å². The molecule has 4 heterocycles. The number of rotatable bonds is 11. The van der Waals surface area contributed by atoms with Gasteiger partial charge >= 0.3 is 12.4 Å². The SMILES string of the molecule is CC[C@H](C)[C@@H]1NC[C@H](CC(C)C)N(C)C(=O)C[C@@H](C(=O)N2CCOCC2)N(C)C(=O)[C@H](C2CCCC2)N(C)C(=O)C2(CCC2)NC(=O)[C@]2(C)CCCN2C(=O)[C@H](CCC2CC(F)C(C(F)(F)F)C(F)C2)NC(=O)CN(C)C(=O)[C@H](CC2CCC(C(F)(F)F)CC2)N2CCCCC[C@@H](C2=O)N(C)C(=O)CN(C)C1=O. The molecule has 11 amide bonds. The first-order valence-corrected chi connectivity index (χ1v) is 39.5. The highest BCUT2D eigenvalue weighted by atomic mass is 19.4. The van der Waals surface area contributed by atoms with Crippen molar-refractivity contribution < 1.29 is 92.6 Å². The number of hydrogen-bond acceptors (Lipinski definition) is 13. The van der Waals surface area contributed by atoms with Crippen LogP contribution in [0.4, 0.5) is 35.1 Å². The Morgan fingerprint density at radius 1 is 0.620 bits per heavy atom. The fraction of sp³-hybridized carbons (Fsp3) is 0.855. The predicted octanol–water partition coefficient (Wildman–Crippen LogP) is 7.19. The largest absolute Gasteiger partial charge is 0.397 e. The van der Waals surface area contributed by atoms with Gasteiger partial charge in [0.2, 0.25) is 65.0 Å². The molecular formula is C76H120F8N12O12. The smallest absolute Gasteiger partial charge is 0.378 e. The lowest BCUT2D eigenvalue weighted by atomic mass is 9.74. The van der Waals surface area contributed by atoms with Crippen molar-refractivity contribution in [1.82, 2.24) is 60.0 Å². The third-order valence-corrected chi connectivity index (χ3v) is 25.3. The first kappa shape index (κ1) is 87.1. The average molecular weight is 1550 g/mol. The van der Waals surface area contributed by atoms with Crippen LogP contribution < -0.4 is 16.0 Å². The van der Waals surface area contributed by atoms with E-state index in [-0.39, 0.29) is 128 Å². The molecule has 2 bridgehead atoms. The van der Waals surface area contributed by atoms with Gasteiger partial charge in [0.15, 0.2) is 0 Å². The van der Waals surface area contributed by atoms with Crippen molar-refractivity contribution in [3.05, 3.63) is 0 Å². The second-order valence-electron chi connectivity index (χ2n) is 33.3. The van der Waals surface area contributed by atoms with Crippen LogP contribution in [0, 0.1) is 41.4 Å². The predicted molar refractivity (Wildman–Crippen MR) is 384 cm³/mol. The first-order valence-electron chi connectivity index (χ1n) is 39.5. The molecule has 0 radical (unpaired) electrons. The van der Waals surface area contributed by atoms with Gasteiger partial charge in [0, 0.05) is 81.1 Å². The Labute approximate surface area is 631 Å². The maximum atomic E-state index is 15.7. The van der Waals surface area contributed by atoms with Gasteiger partial charge < -0.3 is 64.8 Å². The summed E-state index contributed by atoms with van der Waals surface area (Å²) >= 11 is 0. The molecule has 108 heavy (non-hydrogen) atoms. The quantitative estimate of drug-likeness (QED) is 0.173. The zero-order chi connectivity index (χ0) is 79.7. The summed E-state index contributed by atoms with van der Waals surface area (Å²) in [4.78, 5) is 179. The van der Waals surface area contributed by atoms with Gasteiger partial charge in [-0.3, -0.25) is 52.7 Å². The number of fused-ring (bicyclic) bond motifs is 3. The molecule has 8 rings (SSSR count). The summed E-state index contributed by atoms with van der Waals surface area (Å²) in [5.41, 5.74) is -3.40. The molecule has 32 heteroatoms. The molecule has 4 aliphatic carbocycles. The number of alkyl halides is 8. The minimum absolute atomic E-state index is 0.00428. The van der Waals surface area contributed by atoms with E-state index in [0.717, 1.165) is 4.90 Å². The van der Waals surface area contributed by atoms with Crippen molar-refractivity contribution in [2.45, 2.75) is 273 Å². The van der Waals surface area contributed by atoms with E-state index < -0.39 is 211 Å². The molecule has 1 spiro atoms. The summed E-state index contributed by atoms with van der Waals surface area (Å²) in [7, 11) is 8.64. The molecule has 0 aromatic rings.